The summed E-state index contributed by atoms with van der Waals surface area (Å²) in [6.07, 6.45) is 1.13. The molecule has 1 atom stereocenters. The van der Waals surface area contributed by atoms with E-state index in [2.05, 4.69) is 5.32 Å². The molecule has 0 aliphatic carbocycles. The molecule has 0 saturated heterocycles. The first-order valence-corrected chi connectivity index (χ1v) is 8.21. The van der Waals surface area contributed by atoms with Crippen LogP contribution in [0.2, 0.25) is 0 Å². The van der Waals surface area contributed by atoms with E-state index in [9.17, 15) is 14.4 Å². The van der Waals surface area contributed by atoms with Gasteiger partial charge in [-0.3, -0.25) is 9.59 Å². The van der Waals surface area contributed by atoms with Crippen molar-refractivity contribution in [3.8, 4) is 0 Å². The van der Waals surface area contributed by atoms with Gasteiger partial charge in [0.05, 0.1) is 0 Å². The lowest BCUT2D eigenvalue weighted by Gasteiger charge is -2.10. The molecule has 6 nitrogen and oxygen atoms in total. The zero-order chi connectivity index (χ0) is 17.1. The molecular weight excluding hydrogens is 318 g/mol. The Bertz CT molecular complexity index is 520. The number of amides is 1. The second kappa shape index (κ2) is 10.7. The highest BCUT2D eigenvalue weighted by atomic mass is 32.2. The highest BCUT2D eigenvalue weighted by Gasteiger charge is 2.19. The second-order valence-electron chi connectivity index (χ2n) is 4.92. The van der Waals surface area contributed by atoms with Gasteiger partial charge in [-0.15, -0.1) is 0 Å². The number of hydrogen-bond donors (Lipinski definition) is 2. The Kier molecular flexibility index (Phi) is 8.82. The molecule has 1 aromatic rings. The normalized spacial score (nSPS) is 11.5. The topological polar surface area (TPSA) is 92.7 Å². The maximum atomic E-state index is 11.5. The molecule has 0 radical (unpaired) electrons. The number of hydrogen-bond acceptors (Lipinski definition) is 5. The smallest absolute Gasteiger partial charge is 0.407 e. The average Bonchev–Trinajstić information content (AvgIpc) is 2.52. The Morgan fingerprint density at radius 2 is 1.91 bits per heavy atom. The van der Waals surface area contributed by atoms with Crippen molar-refractivity contribution in [2.75, 3.05) is 6.54 Å². The van der Waals surface area contributed by atoms with E-state index in [4.69, 9.17) is 9.84 Å². The molecule has 0 aromatic heterocycles. The van der Waals surface area contributed by atoms with E-state index in [1.165, 1.54) is 6.92 Å². The summed E-state index contributed by atoms with van der Waals surface area (Å²) in [4.78, 5) is 33.4. The number of rotatable bonds is 9. The largest absolute Gasteiger partial charge is 0.480 e. The van der Waals surface area contributed by atoms with Crippen LogP contribution in [-0.4, -0.2) is 34.1 Å². The Morgan fingerprint density at radius 3 is 2.52 bits per heavy atom. The van der Waals surface area contributed by atoms with Gasteiger partial charge in [0.1, 0.15) is 11.9 Å². The van der Waals surface area contributed by atoms with Crippen LogP contribution in [0.3, 0.4) is 0 Å². The van der Waals surface area contributed by atoms with Crippen LogP contribution in [0.1, 0.15) is 31.7 Å². The zero-order valence-electron chi connectivity index (χ0n) is 13.0. The van der Waals surface area contributed by atoms with Gasteiger partial charge in [0.15, 0.2) is 5.12 Å². The van der Waals surface area contributed by atoms with Crippen LogP contribution in [0.5, 0.6) is 0 Å². The highest BCUT2D eigenvalue weighted by Crippen LogP contribution is 2.18. The second-order valence-corrected chi connectivity index (χ2v) is 6.30. The quantitative estimate of drug-likeness (QED) is 0.672. The van der Waals surface area contributed by atoms with Crippen LogP contribution in [0, 0.1) is 0 Å². The molecule has 1 unspecified atom stereocenters. The minimum Gasteiger partial charge on any atom is -0.480 e. The van der Waals surface area contributed by atoms with Gasteiger partial charge in [-0.2, -0.15) is 0 Å². The van der Waals surface area contributed by atoms with Crippen LogP contribution in [0.25, 0.3) is 0 Å². The number of thioether (sulfide) groups is 1. The monoisotopic (exact) mass is 339 g/mol. The van der Waals surface area contributed by atoms with Crippen molar-refractivity contribution in [1.82, 2.24) is 5.32 Å². The van der Waals surface area contributed by atoms with Crippen LogP contribution in [0.15, 0.2) is 30.3 Å². The molecular formula is C16H21NO5S. The van der Waals surface area contributed by atoms with Gasteiger partial charge in [0.2, 0.25) is 0 Å². The molecule has 0 aliphatic rings. The van der Waals surface area contributed by atoms with Gasteiger partial charge in [-0.25, -0.2) is 4.79 Å². The molecule has 0 aliphatic heterocycles. The predicted octanol–water partition coefficient (Wildman–Crippen LogP) is 2.82. The summed E-state index contributed by atoms with van der Waals surface area (Å²) < 4.78 is 5.05. The first kappa shape index (κ1) is 19.0. The van der Waals surface area contributed by atoms with E-state index in [1.54, 1.807) is 0 Å². The lowest BCUT2D eigenvalue weighted by atomic mass is 10.2. The maximum Gasteiger partial charge on any atom is 0.407 e. The van der Waals surface area contributed by atoms with E-state index < -0.39 is 17.3 Å². The molecule has 23 heavy (non-hydrogen) atoms. The highest BCUT2D eigenvalue weighted by molar-refractivity contribution is 8.14. The maximum absolute atomic E-state index is 11.5. The third kappa shape index (κ3) is 8.87. The first-order chi connectivity index (χ1) is 11.0. The Morgan fingerprint density at radius 1 is 1.22 bits per heavy atom. The van der Waals surface area contributed by atoms with Crippen LogP contribution >= 0.6 is 11.8 Å². The van der Waals surface area contributed by atoms with Gasteiger partial charge in [0, 0.05) is 13.5 Å². The standard InChI is InChI=1S/C16H21NO5S/c1-12(18)23-14(15(19)20)9-5-6-10-17-16(21)22-11-13-7-3-2-4-8-13/h2-4,7-8,14H,5-6,9-11H2,1H3,(H,17,21)(H,19,20). The Hall–Kier alpha value is -2.02. The van der Waals surface area contributed by atoms with Crippen molar-refractivity contribution in [2.45, 2.75) is 38.0 Å². The minimum absolute atomic E-state index is 0.208. The summed E-state index contributed by atoms with van der Waals surface area (Å²) in [6.45, 7) is 1.97. The number of ether oxygens (including phenoxy) is 1. The Balaban J connectivity index is 2.12. The van der Waals surface area contributed by atoms with Gasteiger partial charge < -0.3 is 15.2 Å². The van der Waals surface area contributed by atoms with E-state index in [0.717, 1.165) is 17.3 Å². The van der Waals surface area contributed by atoms with E-state index in [-0.39, 0.29) is 11.7 Å². The van der Waals surface area contributed by atoms with Gasteiger partial charge >= 0.3 is 12.1 Å². The molecule has 1 aromatic carbocycles. The van der Waals surface area contributed by atoms with Gasteiger partial charge in [-0.05, 0) is 24.8 Å². The molecule has 0 saturated carbocycles. The summed E-state index contributed by atoms with van der Waals surface area (Å²) in [5, 5.41) is 10.7. The molecule has 1 rings (SSSR count). The van der Waals surface area contributed by atoms with Gasteiger partial charge in [-0.1, -0.05) is 42.1 Å². The molecule has 0 fully saturated rings. The number of carboxylic acids is 1. The van der Waals surface area contributed by atoms with Crippen molar-refractivity contribution >= 4 is 28.9 Å². The van der Waals surface area contributed by atoms with Crippen LogP contribution < -0.4 is 5.32 Å². The lowest BCUT2D eigenvalue weighted by molar-refractivity contribution is -0.136. The number of aliphatic carboxylic acids is 1. The number of carbonyl (C=O) groups is 3. The van der Waals surface area contributed by atoms with Crippen molar-refractivity contribution in [3.63, 3.8) is 0 Å². The average molecular weight is 339 g/mol. The van der Waals surface area contributed by atoms with E-state index >= 15 is 0 Å². The number of benzene rings is 1. The third-order valence-corrected chi connectivity index (χ3v) is 4.01. The van der Waals surface area contributed by atoms with Gasteiger partial charge in [0.25, 0.3) is 0 Å². The Labute approximate surface area is 139 Å². The minimum atomic E-state index is -0.986. The number of unbranched alkanes of at least 4 members (excludes halogenated alkanes) is 1. The molecule has 126 valence electrons. The van der Waals surface area contributed by atoms with E-state index in [1.807, 2.05) is 30.3 Å². The lowest BCUT2D eigenvalue weighted by Crippen LogP contribution is -2.25. The molecule has 0 heterocycles. The fourth-order valence-electron chi connectivity index (χ4n) is 1.85. The summed E-state index contributed by atoms with van der Waals surface area (Å²) >= 11 is 0.827. The summed E-state index contributed by atoms with van der Waals surface area (Å²) in [5.41, 5.74) is 0.910. The van der Waals surface area contributed by atoms with Crippen molar-refractivity contribution in [2.24, 2.45) is 0 Å². The molecule has 7 heteroatoms. The molecule has 2 N–H and O–H groups in total. The van der Waals surface area contributed by atoms with Crippen molar-refractivity contribution < 1.29 is 24.2 Å². The molecule has 0 spiro atoms. The number of carboxylic acid groups (broad SMARTS) is 1. The van der Waals surface area contributed by atoms with Crippen LogP contribution in [0.4, 0.5) is 4.79 Å². The zero-order valence-corrected chi connectivity index (χ0v) is 13.8. The molecule has 0 bridgehead atoms. The summed E-state index contributed by atoms with van der Waals surface area (Å²) in [5.74, 6) is -0.986. The summed E-state index contributed by atoms with van der Waals surface area (Å²) in [7, 11) is 0. The summed E-state index contributed by atoms with van der Waals surface area (Å²) in [6, 6.07) is 9.36. The fourth-order valence-corrected chi connectivity index (χ4v) is 2.64. The van der Waals surface area contributed by atoms with Crippen molar-refractivity contribution in [1.29, 1.82) is 0 Å². The molecule has 1 amide bonds. The predicted molar refractivity (Wildman–Crippen MR) is 88.2 cm³/mol. The number of alkyl carbamates (subject to hydrolysis) is 1. The number of nitrogens with one attached hydrogen (secondary N) is 1. The third-order valence-electron chi connectivity index (χ3n) is 2.96. The first-order valence-electron chi connectivity index (χ1n) is 7.33. The van der Waals surface area contributed by atoms with Crippen LogP contribution in [-0.2, 0) is 20.9 Å². The van der Waals surface area contributed by atoms with Crippen molar-refractivity contribution in [3.05, 3.63) is 35.9 Å². The van der Waals surface area contributed by atoms with E-state index in [0.29, 0.717) is 25.8 Å². The number of carbonyl (C=O) groups excluding carboxylic acids is 2. The fraction of sp³-hybridized carbons (Fsp3) is 0.438. The SMILES string of the molecule is CC(=O)SC(CCCCNC(=O)OCc1ccccc1)C(=O)O.